The van der Waals surface area contributed by atoms with Gasteiger partial charge >= 0.3 is 0 Å². The quantitative estimate of drug-likeness (QED) is 0.871. The molecule has 0 unspecified atom stereocenters. The first-order valence-electron chi connectivity index (χ1n) is 6.42. The van der Waals surface area contributed by atoms with E-state index in [9.17, 15) is 9.59 Å². The summed E-state index contributed by atoms with van der Waals surface area (Å²) >= 11 is 0. The molecule has 0 atom stereocenters. The molecule has 0 spiro atoms. The summed E-state index contributed by atoms with van der Waals surface area (Å²) in [6.45, 7) is 0. The lowest BCUT2D eigenvalue weighted by Crippen LogP contribution is -2.36. The van der Waals surface area contributed by atoms with Gasteiger partial charge in [-0.15, -0.1) is 10.2 Å². The minimum atomic E-state index is -0.245. The van der Waals surface area contributed by atoms with Gasteiger partial charge in [0.25, 0.3) is 5.91 Å². The molecule has 1 aliphatic carbocycles. The number of ketones is 1. The Morgan fingerprint density at radius 2 is 2.00 bits per heavy atom. The largest absolute Gasteiger partial charge is 0.355 e. The van der Waals surface area contributed by atoms with E-state index in [0.717, 1.165) is 18.7 Å². The summed E-state index contributed by atoms with van der Waals surface area (Å²) in [5.74, 6) is 0.822. The molecule has 6 heteroatoms. The highest BCUT2D eigenvalue weighted by Crippen LogP contribution is 2.22. The normalized spacial score (nSPS) is 16.2. The Morgan fingerprint density at radius 1 is 1.32 bits per heavy atom. The van der Waals surface area contributed by atoms with Crippen LogP contribution in [0.4, 0.5) is 5.82 Å². The summed E-state index contributed by atoms with van der Waals surface area (Å²) < 4.78 is 0. The minimum Gasteiger partial charge on any atom is -0.355 e. The molecule has 0 radical (unpaired) electrons. The highest BCUT2D eigenvalue weighted by molar-refractivity contribution is 5.91. The van der Waals surface area contributed by atoms with Crippen LogP contribution in [0.1, 0.15) is 36.2 Å². The maximum absolute atomic E-state index is 11.4. The smallest absolute Gasteiger partial charge is 0.271 e. The molecule has 102 valence electrons. The molecule has 1 N–H and O–H groups in total. The topological polar surface area (TPSA) is 75.2 Å². The fraction of sp³-hybridized carbons (Fsp3) is 0.538. The predicted octanol–water partition coefficient (Wildman–Crippen LogP) is 0.784. The van der Waals surface area contributed by atoms with E-state index in [1.807, 2.05) is 11.9 Å². The zero-order valence-corrected chi connectivity index (χ0v) is 11.2. The SMILES string of the molecule is CNC(=O)c1ccc(N(C)C2CCC(=O)CC2)nn1. The number of nitrogens with zero attached hydrogens (tertiary/aromatic N) is 3. The third-order valence-electron chi connectivity index (χ3n) is 3.53. The van der Waals surface area contributed by atoms with Crippen LogP contribution in [-0.4, -0.2) is 42.0 Å². The summed E-state index contributed by atoms with van der Waals surface area (Å²) in [6.07, 6.45) is 2.99. The van der Waals surface area contributed by atoms with Gasteiger partial charge in [-0.05, 0) is 25.0 Å². The number of amides is 1. The number of hydrogen-bond acceptors (Lipinski definition) is 5. The monoisotopic (exact) mass is 262 g/mol. The molecule has 0 aromatic carbocycles. The van der Waals surface area contributed by atoms with Crippen LogP contribution in [-0.2, 0) is 4.79 Å². The first-order valence-corrected chi connectivity index (χ1v) is 6.42. The van der Waals surface area contributed by atoms with Crippen molar-refractivity contribution in [3.63, 3.8) is 0 Å². The number of anilines is 1. The predicted molar refractivity (Wildman–Crippen MR) is 71.1 cm³/mol. The Bertz CT molecular complexity index is 462. The molecule has 1 aromatic heterocycles. The average molecular weight is 262 g/mol. The Hall–Kier alpha value is -1.98. The lowest BCUT2D eigenvalue weighted by atomic mass is 9.93. The van der Waals surface area contributed by atoms with Gasteiger partial charge in [-0.1, -0.05) is 0 Å². The molecule has 1 saturated carbocycles. The van der Waals surface area contributed by atoms with Crippen LogP contribution in [0.5, 0.6) is 0 Å². The Morgan fingerprint density at radius 3 is 2.53 bits per heavy atom. The van der Waals surface area contributed by atoms with Gasteiger partial charge in [-0.25, -0.2) is 0 Å². The van der Waals surface area contributed by atoms with Crippen molar-refractivity contribution in [3.8, 4) is 0 Å². The zero-order chi connectivity index (χ0) is 13.8. The summed E-state index contributed by atoms with van der Waals surface area (Å²) in [5, 5.41) is 10.5. The number of nitrogens with one attached hydrogen (secondary N) is 1. The fourth-order valence-corrected chi connectivity index (χ4v) is 2.26. The minimum absolute atomic E-state index is 0.245. The van der Waals surface area contributed by atoms with Gasteiger partial charge in [0.2, 0.25) is 0 Å². The third-order valence-corrected chi connectivity index (χ3v) is 3.53. The van der Waals surface area contributed by atoms with Crippen molar-refractivity contribution in [1.29, 1.82) is 0 Å². The molecule has 2 rings (SSSR count). The second-order valence-corrected chi connectivity index (χ2v) is 4.74. The fourth-order valence-electron chi connectivity index (χ4n) is 2.26. The van der Waals surface area contributed by atoms with Crippen molar-refractivity contribution in [2.75, 3.05) is 19.0 Å². The van der Waals surface area contributed by atoms with Crippen LogP contribution < -0.4 is 10.2 Å². The second-order valence-electron chi connectivity index (χ2n) is 4.74. The van der Waals surface area contributed by atoms with E-state index in [0.29, 0.717) is 30.4 Å². The van der Waals surface area contributed by atoms with E-state index in [-0.39, 0.29) is 5.91 Å². The van der Waals surface area contributed by atoms with Crippen LogP contribution in [0.3, 0.4) is 0 Å². The van der Waals surface area contributed by atoms with Gasteiger partial charge in [-0.3, -0.25) is 9.59 Å². The van der Waals surface area contributed by atoms with Gasteiger partial charge in [-0.2, -0.15) is 0 Å². The van der Waals surface area contributed by atoms with Crippen molar-refractivity contribution in [2.24, 2.45) is 0 Å². The Balaban J connectivity index is 2.05. The molecular formula is C13H18N4O2. The molecule has 19 heavy (non-hydrogen) atoms. The molecule has 1 fully saturated rings. The van der Waals surface area contributed by atoms with Gasteiger partial charge in [0.1, 0.15) is 5.78 Å². The van der Waals surface area contributed by atoms with Gasteiger partial charge in [0.05, 0.1) is 0 Å². The summed E-state index contributed by atoms with van der Waals surface area (Å²) in [6, 6.07) is 3.76. The summed E-state index contributed by atoms with van der Waals surface area (Å²) in [4.78, 5) is 24.6. The highest BCUT2D eigenvalue weighted by Gasteiger charge is 2.23. The highest BCUT2D eigenvalue weighted by atomic mass is 16.1. The maximum Gasteiger partial charge on any atom is 0.271 e. The molecule has 1 heterocycles. The van der Waals surface area contributed by atoms with Gasteiger partial charge in [0, 0.05) is 33.0 Å². The van der Waals surface area contributed by atoms with Gasteiger partial charge < -0.3 is 10.2 Å². The van der Waals surface area contributed by atoms with E-state index in [4.69, 9.17) is 0 Å². The van der Waals surface area contributed by atoms with Crippen LogP contribution in [0, 0.1) is 0 Å². The second kappa shape index (κ2) is 5.77. The van der Waals surface area contributed by atoms with Crippen molar-refractivity contribution in [1.82, 2.24) is 15.5 Å². The van der Waals surface area contributed by atoms with Crippen molar-refractivity contribution < 1.29 is 9.59 Å². The summed E-state index contributed by atoms with van der Waals surface area (Å²) in [5.41, 5.74) is 0.304. The number of rotatable bonds is 3. The van der Waals surface area contributed by atoms with E-state index < -0.39 is 0 Å². The molecule has 0 aliphatic heterocycles. The lowest BCUT2D eigenvalue weighted by Gasteiger charge is -2.31. The standard InChI is InChI=1S/C13H18N4O2/c1-14-13(19)11-7-8-12(16-15-11)17(2)9-3-5-10(18)6-4-9/h7-9H,3-6H2,1-2H3,(H,14,19). The maximum atomic E-state index is 11.4. The number of aromatic nitrogens is 2. The van der Waals surface area contributed by atoms with E-state index >= 15 is 0 Å². The zero-order valence-electron chi connectivity index (χ0n) is 11.2. The molecule has 0 saturated heterocycles. The molecular weight excluding hydrogens is 244 g/mol. The average Bonchev–Trinajstić information content (AvgIpc) is 2.46. The number of carbonyl (C=O) groups excluding carboxylic acids is 2. The molecule has 6 nitrogen and oxygen atoms in total. The van der Waals surface area contributed by atoms with E-state index in [1.54, 1.807) is 19.2 Å². The molecule has 1 aliphatic rings. The van der Waals surface area contributed by atoms with Crippen LogP contribution in [0.2, 0.25) is 0 Å². The third kappa shape index (κ3) is 3.07. The van der Waals surface area contributed by atoms with E-state index in [1.165, 1.54) is 0 Å². The van der Waals surface area contributed by atoms with Crippen LogP contribution in [0.15, 0.2) is 12.1 Å². The van der Waals surface area contributed by atoms with Crippen molar-refractivity contribution in [2.45, 2.75) is 31.7 Å². The van der Waals surface area contributed by atoms with Crippen LogP contribution >= 0.6 is 0 Å². The number of hydrogen-bond donors (Lipinski definition) is 1. The van der Waals surface area contributed by atoms with E-state index in [2.05, 4.69) is 15.5 Å². The van der Waals surface area contributed by atoms with Crippen LogP contribution in [0.25, 0.3) is 0 Å². The number of carbonyl (C=O) groups is 2. The van der Waals surface area contributed by atoms with Crippen molar-refractivity contribution >= 4 is 17.5 Å². The first kappa shape index (κ1) is 13.5. The molecule has 1 aromatic rings. The molecule has 0 bridgehead atoms. The molecule has 1 amide bonds. The Kier molecular flexibility index (Phi) is 4.09. The summed E-state index contributed by atoms with van der Waals surface area (Å²) in [7, 11) is 3.51. The van der Waals surface area contributed by atoms with Gasteiger partial charge in [0.15, 0.2) is 11.5 Å². The first-order chi connectivity index (χ1) is 9.11. The Labute approximate surface area is 112 Å². The lowest BCUT2D eigenvalue weighted by molar-refractivity contribution is -0.120. The number of Topliss-reactive ketones (excluding diaryl/α,β-unsaturated/α-hetero) is 1. The van der Waals surface area contributed by atoms with Crippen molar-refractivity contribution in [3.05, 3.63) is 17.8 Å².